The van der Waals surface area contributed by atoms with Crippen molar-refractivity contribution in [2.24, 2.45) is 22.7 Å². The highest BCUT2D eigenvalue weighted by atomic mass is 31.0. The maximum atomic E-state index is 6.64. The van der Waals surface area contributed by atoms with Crippen LogP contribution in [-0.2, 0) is 4.74 Å². The number of rotatable bonds is 4. The molecule has 1 rings (SSSR count). The fraction of sp³-hybridized carbons (Fsp3) is 1.00. The maximum absolute atomic E-state index is 6.64. The van der Waals surface area contributed by atoms with Gasteiger partial charge in [0.15, 0.2) is 0 Å². The average molecular weight is 314 g/mol. The number of ether oxygens (including phenoxy) is 1. The SMILES string of the molecule is CCC(P)(CC)OC1CCC(C(C)(C)C)CC1C(C)(C)C. The first kappa shape index (κ1) is 19.4. The molecule has 0 N–H and O–H groups in total. The zero-order valence-corrected chi connectivity index (χ0v) is 16.9. The summed E-state index contributed by atoms with van der Waals surface area (Å²) < 4.78 is 6.64. The van der Waals surface area contributed by atoms with Crippen molar-refractivity contribution in [1.82, 2.24) is 0 Å². The van der Waals surface area contributed by atoms with Crippen LogP contribution in [0.3, 0.4) is 0 Å². The summed E-state index contributed by atoms with van der Waals surface area (Å²) in [5.41, 5.74) is 0.740. The summed E-state index contributed by atoms with van der Waals surface area (Å²) in [6.07, 6.45) is 6.41. The molecular formula is C19H39OP. The third-order valence-electron chi connectivity index (χ3n) is 5.71. The van der Waals surface area contributed by atoms with Gasteiger partial charge in [-0.25, -0.2) is 0 Å². The molecule has 2 heteroatoms. The Hall–Kier alpha value is 0.390. The lowest BCUT2D eigenvalue weighted by atomic mass is 9.62. The zero-order chi connectivity index (χ0) is 16.5. The first-order chi connectivity index (χ1) is 9.43. The Morgan fingerprint density at radius 3 is 1.81 bits per heavy atom. The second-order valence-corrected chi connectivity index (χ2v) is 10.3. The second-order valence-electron chi connectivity index (χ2n) is 9.28. The van der Waals surface area contributed by atoms with Crippen molar-refractivity contribution in [3.8, 4) is 0 Å². The minimum Gasteiger partial charge on any atom is -0.368 e. The third kappa shape index (κ3) is 5.21. The summed E-state index contributed by atoms with van der Waals surface area (Å²) in [6, 6.07) is 0. The van der Waals surface area contributed by atoms with Crippen molar-refractivity contribution in [1.29, 1.82) is 0 Å². The first-order valence-corrected chi connectivity index (χ1v) is 9.47. The van der Waals surface area contributed by atoms with Crippen LogP contribution in [0, 0.1) is 22.7 Å². The van der Waals surface area contributed by atoms with Gasteiger partial charge in [0.2, 0.25) is 0 Å². The molecule has 1 fully saturated rings. The van der Waals surface area contributed by atoms with E-state index < -0.39 is 0 Å². The Labute approximate surface area is 136 Å². The summed E-state index contributed by atoms with van der Waals surface area (Å²) >= 11 is 0. The van der Waals surface area contributed by atoms with Crippen molar-refractivity contribution in [3.05, 3.63) is 0 Å². The Kier molecular flexibility index (Phi) is 6.36. The molecule has 0 radical (unpaired) electrons. The molecule has 0 aliphatic heterocycles. The fourth-order valence-electron chi connectivity index (χ4n) is 3.70. The summed E-state index contributed by atoms with van der Waals surface area (Å²) in [6.45, 7) is 18.8. The zero-order valence-electron chi connectivity index (χ0n) is 15.8. The molecule has 0 aromatic heterocycles. The van der Waals surface area contributed by atoms with E-state index >= 15 is 0 Å². The summed E-state index contributed by atoms with van der Waals surface area (Å²) in [5.74, 6) is 1.48. The smallest absolute Gasteiger partial charge is 0.0811 e. The fourth-order valence-corrected chi connectivity index (χ4v) is 3.87. The molecule has 1 aliphatic rings. The van der Waals surface area contributed by atoms with Crippen LogP contribution in [0.4, 0.5) is 0 Å². The van der Waals surface area contributed by atoms with Crippen LogP contribution in [0.2, 0.25) is 0 Å². The lowest BCUT2D eigenvalue weighted by molar-refractivity contribution is -0.120. The maximum Gasteiger partial charge on any atom is 0.0811 e. The van der Waals surface area contributed by atoms with Crippen LogP contribution in [0.25, 0.3) is 0 Å². The number of hydrogen-bond acceptors (Lipinski definition) is 1. The van der Waals surface area contributed by atoms with E-state index in [0.717, 1.165) is 18.8 Å². The molecule has 4 atom stereocenters. The normalized spacial score (nSPS) is 28.7. The van der Waals surface area contributed by atoms with E-state index in [1.807, 2.05) is 0 Å². The van der Waals surface area contributed by atoms with E-state index in [4.69, 9.17) is 4.74 Å². The number of hydrogen-bond donors (Lipinski definition) is 0. The van der Waals surface area contributed by atoms with E-state index in [2.05, 4.69) is 64.6 Å². The Morgan fingerprint density at radius 2 is 1.43 bits per heavy atom. The van der Waals surface area contributed by atoms with Crippen LogP contribution in [0.1, 0.15) is 87.5 Å². The standard InChI is InChI=1S/C19H39OP/c1-9-19(21,10-2)20-16-12-11-14(17(3,4)5)13-15(16)18(6,7)8/h14-16H,9-13,21H2,1-8H3. The van der Waals surface area contributed by atoms with Gasteiger partial charge in [0.1, 0.15) is 0 Å². The van der Waals surface area contributed by atoms with Gasteiger partial charge in [0.25, 0.3) is 0 Å². The molecule has 0 spiro atoms. The van der Waals surface area contributed by atoms with E-state index in [1.165, 1.54) is 19.3 Å². The van der Waals surface area contributed by atoms with Gasteiger partial charge in [-0.3, -0.25) is 0 Å². The highest BCUT2D eigenvalue weighted by Crippen LogP contribution is 2.48. The Bertz CT molecular complexity index is 319. The third-order valence-corrected chi connectivity index (χ3v) is 6.66. The van der Waals surface area contributed by atoms with Crippen LogP contribution in [0.15, 0.2) is 0 Å². The molecule has 4 unspecified atom stereocenters. The van der Waals surface area contributed by atoms with Gasteiger partial charge >= 0.3 is 0 Å². The molecule has 126 valence electrons. The summed E-state index contributed by atoms with van der Waals surface area (Å²) in [4.78, 5) is 0. The van der Waals surface area contributed by atoms with E-state index in [0.29, 0.717) is 22.9 Å². The van der Waals surface area contributed by atoms with Gasteiger partial charge in [-0.1, -0.05) is 55.4 Å². The lowest BCUT2D eigenvalue weighted by Gasteiger charge is -2.49. The topological polar surface area (TPSA) is 9.23 Å². The van der Waals surface area contributed by atoms with Crippen molar-refractivity contribution in [3.63, 3.8) is 0 Å². The van der Waals surface area contributed by atoms with Crippen molar-refractivity contribution < 1.29 is 4.74 Å². The highest BCUT2D eigenvalue weighted by Gasteiger charge is 2.43. The quantitative estimate of drug-likeness (QED) is 0.555. The largest absolute Gasteiger partial charge is 0.368 e. The predicted molar refractivity (Wildman–Crippen MR) is 97.6 cm³/mol. The molecular weight excluding hydrogens is 275 g/mol. The van der Waals surface area contributed by atoms with E-state index in [1.54, 1.807) is 0 Å². The van der Waals surface area contributed by atoms with Gasteiger partial charge in [0.05, 0.1) is 11.4 Å². The van der Waals surface area contributed by atoms with Crippen LogP contribution in [-0.4, -0.2) is 11.4 Å². The average Bonchev–Trinajstić information content (AvgIpc) is 2.36. The Morgan fingerprint density at radius 1 is 0.905 bits per heavy atom. The van der Waals surface area contributed by atoms with Gasteiger partial charge < -0.3 is 4.74 Å². The van der Waals surface area contributed by atoms with Gasteiger partial charge in [0, 0.05) is 0 Å². The minimum absolute atomic E-state index is 0.0251. The molecule has 0 bridgehead atoms. The summed E-state index contributed by atoms with van der Waals surface area (Å²) in [5, 5.41) is -0.0251. The van der Waals surface area contributed by atoms with Gasteiger partial charge in [-0.05, 0) is 54.8 Å². The van der Waals surface area contributed by atoms with E-state index in [9.17, 15) is 0 Å². The first-order valence-electron chi connectivity index (χ1n) is 8.89. The molecule has 1 saturated carbocycles. The lowest BCUT2D eigenvalue weighted by Crippen LogP contribution is -2.45. The van der Waals surface area contributed by atoms with Crippen LogP contribution in [0.5, 0.6) is 0 Å². The monoisotopic (exact) mass is 314 g/mol. The Balaban J connectivity index is 2.90. The van der Waals surface area contributed by atoms with Crippen molar-refractivity contribution in [2.45, 2.75) is 98.9 Å². The van der Waals surface area contributed by atoms with Crippen molar-refractivity contribution >= 4 is 9.24 Å². The molecule has 1 aliphatic carbocycles. The van der Waals surface area contributed by atoms with Gasteiger partial charge in [-0.2, -0.15) is 0 Å². The van der Waals surface area contributed by atoms with Crippen LogP contribution >= 0.6 is 9.24 Å². The molecule has 0 amide bonds. The molecule has 0 saturated heterocycles. The molecule has 1 nitrogen and oxygen atoms in total. The van der Waals surface area contributed by atoms with Gasteiger partial charge in [-0.15, -0.1) is 9.24 Å². The van der Waals surface area contributed by atoms with E-state index in [-0.39, 0.29) is 5.34 Å². The molecule has 0 aromatic rings. The second kappa shape index (κ2) is 6.88. The minimum atomic E-state index is -0.0251. The van der Waals surface area contributed by atoms with Crippen LogP contribution < -0.4 is 0 Å². The highest BCUT2D eigenvalue weighted by molar-refractivity contribution is 7.18. The predicted octanol–water partition coefficient (Wildman–Crippen LogP) is 6.27. The molecule has 0 aromatic carbocycles. The summed E-state index contributed by atoms with van der Waals surface area (Å²) in [7, 11) is 2.98. The molecule has 0 heterocycles. The molecule has 21 heavy (non-hydrogen) atoms. The van der Waals surface area contributed by atoms with Crippen molar-refractivity contribution in [2.75, 3.05) is 0 Å².